The quantitative estimate of drug-likeness (QED) is 0.435. The van der Waals surface area contributed by atoms with Crippen LogP contribution in [0.25, 0.3) is 10.9 Å². The third kappa shape index (κ3) is 4.65. The Labute approximate surface area is 216 Å². The van der Waals surface area contributed by atoms with Gasteiger partial charge in [0.1, 0.15) is 6.04 Å². The summed E-state index contributed by atoms with van der Waals surface area (Å²) >= 11 is 0. The summed E-state index contributed by atoms with van der Waals surface area (Å²) < 4.78 is 7.72. The summed E-state index contributed by atoms with van der Waals surface area (Å²) in [4.78, 5) is 21.5. The third-order valence-electron chi connectivity index (χ3n) is 7.88. The number of ether oxygens (including phenoxy) is 1. The van der Waals surface area contributed by atoms with Crippen molar-refractivity contribution in [2.45, 2.75) is 45.4 Å². The van der Waals surface area contributed by atoms with Gasteiger partial charge in [0.25, 0.3) is 5.56 Å². The van der Waals surface area contributed by atoms with Crippen LogP contribution in [0.5, 0.6) is 0 Å². The molecule has 6 rings (SSSR count). The van der Waals surface area contributed by atoms with Crippen molar-refractivity contribution in [1.29, 1.82) is 0 Å². The molecular weight excluding hydrogens is 466 g/mol. The Morgan fingerprint density at radius 2 is 1.89 bits per heavy atom. The van der Waals surface area contributed by atoms with Gasteiger partial charge >= 0.3 is 0 Å². The zero-order valence-electron chi connectivity index (χ0n) is 21.4. The highest BCUT2D eigenvalue weighted by Crippen LogP contribution is 2.30. The van der Waals surface area contributed by atoms with Gasteiger partial charge < -0.3 is 14.6 Å². The SMILES string of the molecule is Cc1ccc2cc([C@@H](c3nnnn3C[C@H]3CCCO3)N3CCN(c4ccccc4)CC3)c(=O)[nH]c2c1C. The molecular formula is C28H33N7O2. The van der Waals surface area contributed by atoms with E-state index in [4.69, 9.17) is 4.74 Å². The van der Waals surface area contributed by atoms with Crippen LogP contribution in [0, 0.1) is 13.8 Å². The van der Waals surface area contributed by atoms with Gasteiger partial charge in [-0.3, -0.25) is 9.69 Å². The molecule has 0 aliphatic carbocycles. The Bertz CT molecular complexity index is 1430. The van der Waals surface area contributed by atoms with Gasteiger partial charge in [0.05, 0.1) is 18.2 Å². The van der Waals surface area contributed by atoms with Gasteiger partial charge in [-0.05, 0) is 71.8 Å². The molecule has 2 aliphatic heterocycles. The Balaban J connectivity index is 1.38. The van der Waals surface area contributed by atoms with Gasteiger partial charge in [-0.15, -0.1) is 5.10 Å². The number of hydrogen-bond donors (Lipinski definition) is 1. The lowest BCUT2D eigenvalue weighted by Gasteiger charge is -2.39. The van der Waals surface area contributed by atoms with Crippen LogP contribution in [0.15, 0.2) is 53.3 Å². The predicted octanol–water partition coefficient (Wildman–Crippen LogP) is 3.22. The lowest BCUT2D eigenvalue weighted by molar-refractivity contribution is 0.0906. The van der Waals surface area contributed by atoms with Crippen molar-refractivity contribution in [3.8, 4) is 0 Å². The number of nitrogens with zero attached hydrogens (tertiary/aromatic N) is 6. The van der Waals surface area contributed by atoms with Crippen molar-refractivity contribution >= 4 is 16.6 Å². The largest absolute Gasteiger partial charge is 0.376 e. The van der Waals surface area contributed by atoms with Crippen LogP contribution >= 0.6 is 0 Å². The summed E-state index contributed by atoms with van der Waals surface area (Å²) in [5.74, 6) is 0.692. The first-order valence-corrected chi connectivity index (χ1v) is 13.1. The van der Waals surface area contributed by atoms with Crippen molar-refractivity contribution in [2.75, 3.05) is 37.7 Å². The summed E-state index contributed by atoms with van der Waals surface area (Å²) in [7, 11) is 0. The fourth-order valence-corrected chi connectivity index (χ4v) is 5.64. The summed E-state index contributed by atoms with van der Waals surface area (Å²) in [6.45, 7) is 8.77. The number of anilines is 1. The van der Waals surface area contributed by atoms with Gasteiger partial charge in [-0.1, -0.05) is 30.3 Å². The number of aromatic nitrogens is 5. The van der Waals surface area contributed by atoms with E-state index in [0.29, 0.717) is 17.9 Å². The molecule has 2 aromatic carbocycles. The Kier molecular flexibility index (Phi) is 6.48. The molecule has 1 N–H and O–H groups in total. The predicted molar refractivity (Wildman–Crippen MR) is 143 cm³/mol. The van der Waals surface area contributed by atoms with E-state index in [1.165, 1.54) is 5.69 Å². The number of fused-ring (bicyclic) bond motifs is 1. The van der Waals surface area contributed by atoms with E-state index in [1.54, 1.807) is 0 Å². The Morgan fingerprint density at radius 1 is 1.08 bits per heavy atom. The van der Waals surface area contributed by atoms with E-state index in [0.717, 1.165) is 67.7 Å². The van der Waals surface area contributed by atoms with Crippen LogP contribution in [0.1, 0.15) is 41.4 Å². The molecule has 0 radical (unpaired) electrons. The number of aromatic amines is 1. The van der Waals surface area contributed by atoms with Crippen molar-refractivity contribution in [3.05, 3.63) is 81.4 Å². The molecule has 2 aromatic heterocycles. The number of rotatable bonds is 6. The smallest absolute Gasteiger partial charge is 0.253 e. The highest BCUT2D eigenvalue weighted by atomic mass is 16.5. The zero-order valence-corrected chi connectivity index (χ0v) is 21.4. The molecule has 2 atom stereocenters. The normalized spacial score (nSPS) is 19.5. The van der Waals surface area contributed by atoms with Gasteiger partial charge in [0, 0.05) is 44.0 Å². The first kappa shape index (κ1) is 23.8. The minimum absolute atomic E-state index is 0.0941. The van der Waals surface area contributed by atoms with Gasteiger partial charge in [-0.25, -0.2) is 4.68 Å². The number of hydrogen-bond acceptors (Lipinski definition) is 7. The summed E-state index contributed by atoms with van der Waals surface area (Å²) in [5.41, 5.74) is 4.94. The van der Waals surface area contributed by atoms with E-state index in [-0.39, 0.29) is 17.7 Å². The highest BCUT2D eigenvalue weighted by Gasteiger charge is 2.33. The third-order valence-corrected chi connectivity index (χ3v) is 7.88. The van der Waals surface area contributed by atoms with E-state index in [1.807, 2.05) is 16.8 Å². The van der Waals surface area contributed by atoms with Crippen molar-refractivity contribution in [2.24, 2.45) is 0 Å². The minimum atomic E-state index is -0.357. The van der Waals surface area contributed by atoms with Crippen molar-refractivity contribution < 1.29 is 4.74 Å². The average molecular weight is 500 g/mol. The van der Waals surface area contributed by atoms with E-state index < -0.39 is 0 Å². The molecule has 0 amide bonds. The van der Waals surface area contributed by atoms with Crippen molar-refractivity contribution in [1.82, 2.24) is 30.1 Å². The van der Waals surface area contributed by atoms with Gasteiger partial charge in [0.2, 0.25) is 0 Å². The number of nitrogens with one attached hydrogen (secondary N) is 1. The van der Waals surface area contributed by atoms with E-state index >= 15 is 0 Å². The first-order chi connectivity index (χ1) is 18.1. The Morgan fingerprint density at radius 3 is 2.65 bits per heavy atom. The van der Waals surface area contributed by atoms with Crippen LogP contribution in [0.4, 0.5) is 5.69 Å². The maximum absolute atomic E-state index is 13.6. The number of piperazine rings is 1. The topological polar surface area (TPSA) is 92.2 Å². The number of aryl methyl sites for hydroxylation is 2. The highest BCUT2D eigenvalue weighted by molar-refractivity contribution is 5.83. The van der Waals surface area contributed by atoms with Gasteiger partial charge in [-0.2, -0.15) is 0 Å². The van der Waals surface area contributed by atoms with Crippen LogP contribution in [-0.2, 0) is 11.3 Å². The number of pyridine rings is 1. The standard InChI is InChI=1S/C28H33N7O2/c1-19-10-11-21-17-24(28(36)29-25(21)20(19)2)26(27-30-31-32-35(27)18-23-9-6-16-37-23)34-14-12-33(13-15-34)22-7-4-3-5-8-22/h3-5,7-8,10-11,17,23,26H,6,9,12-16,18H2,1-2H3,(H,29,36)/t23-,26+/m1/s1. The number of H-pyrrole nitrogens is 1. The molecule has 37 heavy (non-hydrogen) atoms. The lowest BCUT2D eigenvalue weighted by Crippen LogP contribution is -2.49. The van der Waals surface area contributed by atoms with Crippen LogP contribution < -0.4 is 10.5 Å². The molecule has 9 heteroatoms. The molecule has 0 bridgehead atoms. The Hall–Kier alpha value is -3.56. The molecule has 0 saturated carbocycles. The van der Waals surface area contributed by atoms with Crippen LogP contribution in [0.3, 0.4) is 0 Å². The monoisotopic (exact) mass is 499 g/mol. The van der Waals surface area contributed by atoms with E-state index in [2.05, 4.69) is 80.6 Å². The molecule has 2 saturated heterocycles. The van der Waals surface area contributed by atoms with Crippen molar-refractivity contribution in [3.63, 3.8) is 0 Å². The summed E-state index contributed by atoms with van der Waals surface area (Å²) in [6.07, 6.45) is 2.14. The molecule has 0 spiro atoms. The molecule has 4 aromatic rings. The number of tetrazole rings is 1. The average Bonchev–Trinajstić information content (AvgIpc) is 3.61. The number of benzene rings is 2. The fourth-order valence-electron chi connectivity index (χ4n) is 5.64. The second-order valence-electron chi connectivity index (χ2n) is 10.1. The van der Waals surface area contributed by atoms with Gasteiger partial charge in [0.15, 0.2) is 5.82 Å². The molecule has 9 nitrogen and oxygen atoms in total. The second-order valence-corrected chi connectivity index (χ2v) is 10.1. The maximum Gasteiger partial charge on any atom is 0.253 e. The van der Waals surface area contributed by atoms with Crippen LogP contribution in [0.2, 0.25) is 0 Å². The van der Waals surface area contributed by atoms with E-state index in [9.17, 15) is 4.79 Å². The van der Waals surface area contributed by atoms with Crippen LogP contribution in [-0.4, -0.2) is 69.0 Å². The fraction of sp³-hybridized carbons (Fsp3) is 0.429. The molecule has 0 unspecified atom stereocenters. The zero-order chi connectivity index (χ0) is 25.4. The minimum Gasteiger partial charge on any atom is -0.376 e. The second kappa shape index (κ2) is 10.1. The molecule has 192 valence electrons. The molecule has 2 aliphatic rings. The molecule has 2 fully saturated rings. The summed E-state index contributed by atoms with van der Waals surface area (Å²) in [6, 6.07) is 16.3. The number of para-hydroxylation sites is 1. The molecule has 4 heterocycles. The lowest BCUT2D eigenvalue weighted by atomic mass is 9.99. The first-order valence-electron chi connectivity index (χ1n) is 13.1. The maximum atomic E-state index is 13.6. The summed E-state index contributed by atoms with van der Waals surface area (Å²) in [5, 5.41) is 13.9.